The highest BCUT2D eigenvalue weighted by molar-refractivity contribution is 7.99. The molecular formula is C23H25ClO3S. The monoisotopic (exact) mass is 416 g/mol. The minimum atomic E-state index is -0.438. The number of ether oxygens (including phenoxy) is 1. The van der Waals surface area contributed by atoms with Crippen molar-refractivity contribution in [1.82, 2.24) is 0 Å². The van der Waals surface area contributed by atoms with Crippen LogP contribution in [0.1, 0.15) is 35.6 Å². The fraction of sp³-hybridized carbons (Fsp3) is 0.348. The molecule has 2 unspecified atom stereocenters. The first-order chi connectivity index (χ1) is 13.3. The number of aliphatic hydroxyl groups excluding tert-OH is 1. The summed E-state index contributed by atoms with van der Waals surface area (Å²) in [6.07, 6.45) is 0.0120. The standard InChI is InChI=1S/C23H25ClO3S/c1-13-9-14(2)21(15(3)10-13)22-19(25)11-20(27-23(22)26)16(4)12-28-18-7-5-17(24)6-8-18/h5-10,16,20,25H,11-12H2,1-4H3. The van der Waals surface area contributed by atoms with Crippen molar-refractivity contribution < 1.29 is 14.6 Å². The predicted molar refractivity (Wildman–Crippen MR) is 116 cm³/mol. The van der Waals surface area contributed by atoms with E-state index < -0.39 is 5.97 Å². The maximum atomic E-state index is 12.8. The third kappa shape index (κ3) is 4.56. The van der Waals surface area contributed by atoms with Crippen molar-refractivity contribution >= 4 is 34.9 Å². The zero-order chi connectivity index (χ0) is 20.4. The van der Waals surface area contributed by atoms with Crippen LogP contribution in [0.2, 0.25) is 5.02 Å². The van der Waals surface area contributed by atoms with Crippen LogP contribution in [0.5, 0.6) is 0 Å². The molecule has 2 aromatic rings. The molecule has 1 aliphatic rings. The SMILES string of the molecule is Cc1cc(C)c(C2=C(O)CC(C(C)CSc3ccc(Cl)cc3)OC2=O)c(C)c1. The van der Waals surface area contributed by atoms with Gasteiger partial charge in [-0.05, 0) is 61.7 Å². The van der Waals surface area contributed by atoms with Crippen molar-refractivity contribution in [2.75, 3.05) is 5.75 Å². The molecule has 2 aromatic carbocycles. The van der Waals surface area contributed by atoms with Crippen LogP contribution in [0.3, 0.4) is 0 Å². The van der Waals surface area contributed by atoms with Crippen LogP contribution in [0.15, 0.2) is 47.1 Å². The summed E-state index contributed by atoms with van der Waals surface area (Å²) >= 11 is 7.61. The smallest absolute Gasteiger partial charge is 0.342 e. The largest absolute Gasteiger partial charge is 0.511 e. The summed E-state index contributed by atoms with van der Waals surface area (Å²) in [5, 5.41) is 11.4. The first-order valence-corrected chi connectivity index (χ1v) is 10.7. The molecule has 0 amide bonds. The molecule has 28 heavy (non-hydrogen) atoms. The van der Waals surface area contributed by atoms with E-state index in [-0.39, 0.29) is 17.8 Å². The molecule has 0 spiro atoms. The highest BCUT2D eigenvalue weighted by Gasteiger charge is 2.34. The molecule has 5 heteroatoms. The van der Waals surface area contributed by atoms with Crippen molar-refractivity contribution in [3.63, 3.8) is 0 Å². The summed E-state index contributed by atoms with van der Waals surface area (Å²) in [6.45, 7) is 7.98. The maximum absolute atomic E-state index is 12.8. The van der Waals surface area contributed by atoms with Crippen LogP contribution in [-0.2, 0) is 9.53 Å². The van der Waals surface area contributed by atoms with E-state index in [4.69, 9.17) is 16.3 Å². The van der Waals surface area contributed by atoms with E-state index in [1.54, 1.807) is 11.8 Å². The van der Waals surface area contributed by atoms with Gasteiger partial charge in [-0.15, -0.1) is 11.8 Å². The molecular weight excluding hydrogens is 392 g/mol. The fourth-order valence-corrected chi connectivity index (χ4v) is 4.78. The first kappa shape index (κ1) is 20.8. The summed E-state index contributed by atoms with van der Waals surface area (Å²) in [6, 6.07) is 11.7. The average Bonchev–Trinajstić information content (AvgIpc) is 2.62. The number of hydrogen-bond acceptors (Lipinski definition) is 4. The van der Waals surface area contributed by atoms with E-state index in [1.807, 2.05) is 64.1 Å². The Morgan fingerprint density at radius 2 is 1.79 bits per heavy atom. The maximum Gasteiger partial charge on any atom is 0.342 e. The van der Waals surface area contributed by atoms with Gasteiger partial charge in [-0.1, -0.05) is 36.2 Å². The highest BCUT2D eigenvalue weighted by atomic mass is 35.5. The third-order valence-electron chi connectivity index (χ3n) is 5.03. The van der Waals surface area contributed by atoms with Crippen LogP contribution in [0, 0.1) is 26.7 Å². The topological polar surface area (TPSA) is 46.5 Å². The number of benzene rings is 2. The highest BCUT2D eigenvalue weighted by Crippen LogP contribution is 2.35. The molecule has 1 N–H and O–H groups in total. The zero-order valence-electron chi connectivity index (χ0n) is 16.6. The summed E-state index contributed by atoms with van der Waals surface area (Å²) in [4.78, 5) is 13.9. The molecule has 0 saturated heterocycles. The van der Waals surface area contributed by atoms with Gasteiger partial charge in [0.15, 0.2) is 0 Å². The predicted octanol–water partition coefficient (Wildman–Crippen LogP) is 6.28. The van der Waals surface area contributed by atoms with Crippen molar-refractivity contribution in [2.45, 2.75) is 45.1 Å². The number of thioether (sulfide) groups is 1. The van der Waals surface area contributed by atoms with Gasteiger partial charge in [0.25, 0.3) is 0 Å². The van der Waals surface area contributed by atoms with Gasteiger partial charge in [0.05, 0.1) is 0 Å². The van der Waals surface area contributed by atoms with Gasteiger partial charge in [-0.25, -0.2) is 4.79 Å². The van der Waals surface area contributed by atoms with Crippen LogP contribution in [-0.4, -0.2) is 22.9 Å². The van der Waals surface area contributed by atoms with Gasteiger partial charge < -0.3 is 9.84 Å². The number of aryl methyl sites for hydroxylation is 3. The molecule has 3 rings (SSSR count). The Hall–Kier alpha value is -1.91. The Kier molecular flexibility index (Phi) is 6.41. The van der Waals surface area contributed by atoms with Crippen molar-refractivity contribution in [1.29, 1.82) is 0 Å². The Morgan fingerprint density at radius 3 is 2.36 bits per heavy atom. The molecule has 0 saturated carbocycles. The van der Waals surface area contributed by atoms with Gasteiger partial charge in [0.2, 0.25) is 0 Å². The summed E-state index contributed by atoms with van der Waals surface area (Å²) in [5.41, 5.74) is 4.17. The van der Waals surface area contributed by atoms with E-state index >= 15 is 0 Å². The lowest BCUT2D eigenvalue weighted by Crippen LogP contribution is -2.32. The molecule has 0 aliphatic carbocycles. The molecule has 0 bridgehead atoms. The normalized spacial score (nSPS) is 18.2. The van der Waals surface area contributed by atoms with E-state index in [9.17, 15) is 9.90 Å². The number of hydrogen-bond donors (Lipinski definition) is 1. The second kappa shape index (κ2) is 8.62. The molecule has 0 aromatic heterocycles. The van der Waals surface area contributed by atoms with Gasteiger partial charge in [0.1, 0.15) is 17.4 Å². The van der Waals surface area contributed by atoms with Crippen LogP contribution >= 0.6 is 23.4 Å². The van der Waals surface area contributed by atoms with Crippen molar-refractivity contribution in [2.24, 2.45) is 5.92 Å². The molecule has 1 heterocycles. The molecule has 0 radical (unpaired) electrons. The Morgan fingerprint density at radius 1 is 1.18 bits per heavy atom. The zero-order valence-corrected chi connectivity index (χ0v) is 18.2. The van der Waals surface area contributed by atoms with Crippen molar-refractivity contribution in [3.05, 3.63) is 69.4 Å². The number of carbonyl (C=O) groups is 1. The Labute approximate surface area is 175 Å². The van der Waals surface area contributed by atoms with Gasteiger partial charge in [-0.2, -0.15) is 0 Å². The lowest BCUT2D eigenvalue weighted by Gasteiger charge is -2.29. The fourth-order valence-electron chi connectivity index (χ4n) is 3.65. The molecule has 148 valence electrons. The average molecular weight is 417 g/mol. The van der Waals surface area contributed by atoms with Gasteiger partial charge in [0, 0.05) is 28.0 Å². The Bertz CT molecular complexity index is 895. The van der Waals surface area contributed by atoms with E-state index in [0.29, 0.717) is 17.0 Å². The number of esters is 1. The van der Waals surface area contributed by atoms with Crippen LogP contribution < -0.4 is 0 Å². The minimum Gasteiger partial charge on any atom is -0.511 e. The van der Waals surface area contributed by atoms with E-state index in [2.05, 4.69) is 0 Å². The quantitative estimate of drug-likeness (QED) is 0.460. The van der Waals surface area contributed by atoms with E-state index in [0.717, 1.165) is 32.9 Å². The van der Waals surface area contributed by atoms with E-state index in [1.165, 1.54) is 0 Å². The summed E-state index contributed by atoms with van der Waals surface area (Å²) < 4.78 is 5.74. The molecule has 1 aliphatic heterocycles. The van der Waals surface area contributed by atoms with Gasteiger partial charge >= 0.3 is 5.97 Å². The van der Waals surface area contributed by atoms with Crippen LogP contribution in [0.4, 0.5) is 0 Å². The van der Waals surface area contributed by atoms with Crippen LogP contribution in [0.25, 0.3) is 5.57 Å². The Balaban J connectivity index is 1.75. The molecule has 2 atom stereocenters. The third-order valence-corrected chi connectivity index (χ3v) is 6.58. The molecule has 3 nitrogen and oxygen atoms in total. The summed E-state index contributed by atoms with van der Waals surface area (Å²) in [7, 11) is 0. The second-order valence-electron chi connectivity index (χ2n) is 7.49. The van der Waals surface area contributed by atoms with Gasteiger partial charge in [-0.3, -0.25) is 0 Å². The number of aliphatic hydroxyl groups is 1. The number of rotatable bonds is 5. The number of cyclic esters (lactones) is 1. The second-order valence-corrected chi connectivity index (χ2v) is 9.02. The minimum absolute atomic E-state index is 0.105. The lowest BCUT2D eigenvalue weighted by molar-refractivity contribution is -0.145. The summed E-state index contributed by atoms with van der Waals surface area (Å²) in [5.74, 6) is 0.574. The molecule has 0 fully saturated rings. The lowest BCUT2D eigenvalue weighted by atomic mass is 9.89. The van der Waals surface area contributed by atoms with Crippen molar-refractivity contribution in [3.8, 4) is 0 Å². The number of carbonyl (C=O) groups excluding carboxylic acids is 1. The first-order valence-electron chi connectivity index (χ1n) is 9.36. The number of halogens is 1.